The van der Waals surface area contributed by atoms with Crippen molar-refractivity contribution in [3.8, 4) is 0 Å². The van der Waals surface area contributed by atoms with Crippen molar-refractivity contribution in [1.82, 2.24) is 4.90 Å². The van der Waals surface area contributed by atoms with Crippen molar-refractivity contribution in [3.05, 3.63) is 35.4 Å². The fourth-order valence-corrected chi connectivity index (χ4v) is 1.68. The molecule has 4 heteroatoms. The normalized spacial score (nSPS) is 12.5. The summed E-state index contributed by atoms with van der Waals surface area (Å²) in [7, 11) is 5.14. The van der Waals surface area contributed by atoms with Crippen molar-refractivity contribution in [2.24, 2.45) is 0 Å². The van der Waals surface area contributed by atoms with E-state index in [9.17, 15) is 4.79 Å². The summed E-state index contributed by atoms with van der Waals surface area (Å²) in [4.78, 5) is 13.5. The molecule has 0 aliphatic heterocycles. The van der Waals surface area contributed by atoms with Gasteiger partial charge in [-0.25, -0.2) is 4.79 Å². The van der Waals surface area contributed by atoms with Crippen LogP contribution in [0.1, 0.15) is 22.8 Å². The number of carbonyl (C=O) groups is 1. The van der Waals surface area contributed by atoms with Gasteiger partial charge in [0.05, 0.1) is 19.3 Å². The molecule has 0 heterocycles. The Hall–Kier alpha value is -1.39. The van der Waals surface area contributed by atoms with Crippen molar-refractivity contribution in [1.29, 1.82) is 0 Å². The van der Waals surface area contributed by atoms with E-state index < -0.39 is 0 Å². The highest BCUT2D eigenvalue weighted by Crippen LogP contribution is 2.09. The molecular formula is C14H21NO3. The van der Waals surface area contributed by atoms with Crippen LogP contribution in [-0.4, -0.2) is 44.8 Å². The number of esters is 1. The standard InChI is InChI=1S/C14H21NO3/c1-11(10-17-3)15(2)9-12-5-7-13(8-6-12)14(16)18-4/h5-8,11H,9-10H2,1-4H3. The Bertz CT molecular complexity index is 375. The summed E-state index contributed by atoms with van der Waals surface area (Å²) in [6.45, 7) is 3.65. The predicted octanol–water partition coefficient (Wildman–Crippen LogP) is 1.94. The molecule has 100 valence electrons. The van der Waals surface area contributed by atoms with E-state index in [1.54, 1.807) is 19.2 Å². The zero-order valence-electron chi connectivity index (χ0n) is 11.5. The van der Waals surface area contributed by atoms with Crippen LogP contribution in [0.25, 0.3) is 0 Å². The van der Waals surface area contributed by atoms with E-state index in [1.807, 2.05) is 12.1 Å². The molecule has 1 aromatic rings. The lowest BCUT2D eigenvalue weighted by Gasteiger charge is -2.24. The molecule has 0 aliphatic rings. The van der Waals surface area contributed by atoms with E-state index in [2.05, 4.69) is 23.6 Å². The molecule has 18 heavy (non-hydrogen) atoms. The Kier molecular flexibility index (Phi) is 5.82. The smallest absolute Gasteiger partial charge is 0.337 e. The maximum Gasteiger partial charge on any atom is 0.337 e. The molecule has 0 aromatic heterocycles. The summed E-state index contributed by atoms with van der Waals surface area (Å²) in [5, 5.41) is 0. The quantitative estimate of drug-likeness (QED) is 0.724. The number of nitrogens with zero attached hydrogens (tertiary/aromatic N) is 1. The third-order valence-electron chi connectivity index (χ3n) is 2.97. The van der Waals surface area contributed by atoms with Gasteiger partial charge < -0.3 is 9.47 Å². The Morgan fingerprint density at radius 2 is 1.89 bits per heavy atom. The van der Waals surface area contributed by atoms with E-state index in [-0.39, 0.29) is 5.97 Å². The van der Waals surface area contributed by atoms with Gasteiger partial charge in [0, 0.05) is 19.7 Å². The molecule has 0 radical (unpaired) electrons. The fourth-order valence-electron chi connectivity index (χ4n) is 1.68. The maximum atomic E-state index is 11.3. The van der Waals surface area contributed by atoms with E-state index in [4.69, 9.17) is 4.74 Å². The largest absolute Gasteiger partial charge is 0.465 e. The molecule has 0 saturated carbocycles. The Balaban J connectivity index is 2.60. The van der Waals surface area contributed by atoms with Gasteiger partial charge in [-0.3, -0.25) is 4.90 Å². The van der Waals surface area contributed by atoms with E-state index in [0.29, 0.717) is 18.2 Å². The number of rotatable bonds is 6. The first kappa shape index (κ1) is 14.7. The number of methoxy groups -OCH3 is 2. The van der Waals surface area contributed by atoms with Gasteiger partial charge in [-0.2, -0.15) is 0 Å². The highest BCUT2D eigenvalue weighted by molar-refractivity contribution is 5.89. The molecule has 0 fully saturated rings. The summed E-state index contributed by atoms with van der Waals surface area (Å²) >= 11 is 0. The molecule has 4 nitrogen and oxygen atoms in total. The maximum absolute atomic E-state index is 11.3. The van der Waals surface area contributed by atoms with E-state index in [1.165, 1.54) is 7.11 Å². The third-order valence-corrected chi connectivity index (χ3v) is 2.97. The van der Waals surface area contributed by atoms with E-state index >= 15 is 0 Å². The first-order chi connectivity index (χ1) is 8.58. The van der Waals surface area contributed by atoms with E-state index in [0.717, 1.165) is 12.1 Å². The minimum Gasteiger partial charge on any atom is -0.465 e. The number of carbonyl (C=O) groups excluding carboxylic acids is 1. The summed E-state index contributed by atoms with van der Waals surface area (Å²) in [5.74, 6) is -0.303. The molecular weight excluding hydrogens is 230 g/mol. The predicted molar refractivity (Wildman–Crippen MR) is 70.6 cm³/mol. The van der Waals surface area contributed by atoms with Crippen molar-refractivity contribution in [3.63, 3.8) is 0 Å². The number of hydrogen-bond donors (Lipinski definition) is 0. The van der Waals surface area contributed by atoms with Gasteiger partial charge in [-0.15, -0.1) is 0 Å². The van der Waals surface area contributed by atoms with Crippen LogP contribution in [0.5, 0.6) is 0 Å². The first-order valence-electron chi connectivity index (χ1n) is 5.95. The number of ether oxygens (including phenoxy) is 2. The van der Waals surface area contributed by atoms with Gasteiger partial charge >= 0.3 is 5.97 Å². The first-order valence-corrected chi connectivity index (χ1v) is 5.95. The fraction of sp³-hybridized carbons (Fsp3) is 0.500. The van der Waals surface area contributed by atoms with Crippen molar-refractivity contribution >= 4 is 5.97 Å². The molecule has 0 spiro atoms. The summed E-state index contributed by atoms with van der Waals surface area (Å²) in [6.07, 6.45) is 0. The highest BCUT2D eigenvalue weighted by Gasteiger charge is 2.10. The van der Waals surface area contributed by atoms with Crippen LogP contribution < -0.4 is 0 Å². The van der Waals surface area contributed by atoms with Crippen LogP contribution in [0, 0.1) is 0 Å². The number of hydrogen-bond acceptors (Lipinski definition) is 4. The monoisotopic (exact) mass is 251 g/mol. The van der Waals surface area contributed by atoms with Gasteiger partial charge in [0.2, 0.25) is 0 Å². The lowest BCUT2D eigenvalue weighted by molar-refractivity contribution is 0.0600. The van der Waals surface area contributed by atoms with Gasteiger partial charge in [-0.05, 0) is 31.7 Å². The molecule has 0 saturated heterocycles. The van der Waals surface area contributed by atoms with Gasteiger partial charge in [0.1, 0.15) is 0 Å². The van der Waals surface area contributed by atoms with Gasteiger partial charge in [-0.1, -0.05) is 12.1 Å². The molecule has 1 rings (SSSR count). The van der Waals surface area contributed by atoms with Crippen LogP contribution in [0.15, 0.2) is 24.3 Å². The van der Waals surface area contributed by atoms with Crippen molar-refractivity contribution in [2.75, 3.05) is 27.9 Å². The zero-order valence-corrected chi connectivity index (χ0v) is 11.5. The van der Waals surface area contributed by atoms with Crippen LogP contribution in [-0.2, 0) is 16.0 Å². The second-order valence-corrected chi connectivity index (χ2v) is 4.41. The second kappa shape index (κ2) is 7.13. The average molecular weight is 251 g/mol. The Morgan fingerprint density at radius 3 is 2.39 bits per heavy atom. The lowest BCUT2D eigenvalue weighted by atomic mass is 10.1. The molecule has 1 aromatic carbocycles. The SMILES string of the molecule is COCC(C)N(C)Cc1ccc(C(=O)OC)cc1. The summed E-state index contributed by atoms with van der Waals surface area (Å²) in [5.41, 5.74) is 1.74. The number of benzene rings is 1. The van der Waals surface area contributed by atoms with Crippen molar-refractivity contribution < 1.29 is 14.3 Å². The van der Waals surface area contributed by atoms with Crippen LogP contribution >= 0.6 is 0 Å². The third kappa shape index (κ3) is 4.13. The second-order valence-electron chi connectivity index (χ2n) is 4.41. The Labute approximate surface area is 108 Å². The summed E-state index contributed by atoms with van der Waals surface area (Å²) < 4.78 is 9.79. The summed E-state index contributed by atoms with van der Waals surface area (Å²) in [6, 6.07) is 7.83. The Morgan fingerprint density at radius 1 is 1.28 bits per heavy atom. The topological polar surface area (TPSA) is 38.8 Å². The minimum absolute atomic E-state index is 0.303. The highest BCUT2D eigenvalue weighted by atomic mass is 16.5. The zero-order chi connectivity index (χ0) is 13.5. The van der Waals surface area contributed by atoms with Crippen LogP contribution in [0.3, 0.4) is 0 Å². The lowest BCUT2D eigenvalue weighted by Crippen LogP contribution is -2.32. The molecule has 0 amide bonds. The number of likely N-dealkylation sites (N-methyl/N-ethyl adjacent to an activating group) is 1. The van der Waals surface area contributed by atoms with Gasteiger partial charge in [0.15, 0.2) is 0 Å². The van der Waals surface area contributed by atoms with Crippen LogP contribution in [0.2, 0.25) is 0 Å². The molecule has 0 N–H and O–H groups in total. The van der Waals surface area contributed by atoms with Gasteiger partial charge in [0.25, 0.3) is 0 Å². The van der Waals surface area contributed by atoms with Crippen LogP contribution in [0.4, 0.5) is 0 Å². The molecule has 1 unspecified atom stereocenters. The molecule has 0 aliphatic carbocycles. The average Bonchev–Trinajstić information content (AvgIpc) is 2.39. The van der Waals surface area contributed by atoms with Crippen molar-refractivity contribution in [2.45, 2.75) is 19.5 Å². The molecule has 1 atom stereocenters. The molecule has 0 bridgehead atoms. The minimum atomic E-state index is -0.303.